The SMILES string of the molecule is Clc1cc(Br)ccc1C(Br)c1ccc(Cl)c2ccccc12. The molecule has 21 heavy (non-hydrogen) atoms. The Kier molecular flexibility index (Phi) is 4.60. The van der Waals surface area contributed by atoms with Crippen LogP contribution in [-0.4, -0.2) is 0 Å². The van der Waals surface area contributed by atoms with E-state index in [-0.39, 0.29) is 4.83 Å². The predicted molar refractivity (Wildman–Crippen MR) is 98.9 cm³/mol. The van der Waals surface area contributed by atoms with Crippen LogP contribution in [-0.2, 0) is 0 Å². The molecular weight excluding hydrogens is 435 g/mol. The molecule has 0 aliphatic heterocycles. The zero-order valence-corrected chi connectivity index (χ0v) is 15.5. The third-order valence-corrected chi connectivity index (χ3v) is 5.55. The highest BCUT2D eigenvalue weighted by molar-refractivity contribution is 9.10. The molecule has 0 amide bonds. The molecular formula is C17H10Br2Cl2. The molecule has 0 bridgehead atoms. The molecule has 0 radical (unpaired) electrons. The minimum atomic E-state index is 0.0141. The van der Waals surface area contributed by atoms with E-state index >= 15 is 0 Å². The Labute approximate surface area is 150 Å². The fourth-order valence-electron chi connectivity index (χ4n) is 2.38. The summed E-state index contributed by atoms with van der Waals surface area (Å²) in [6, 6.07) is 18.0. The maximum absolute atomic E-state index is 6.37. The van der Waals surface area contributed by atoms with Gasteiger partial charge in [0.25, 0.3) is 0 Å². The lowest BCUT2D eigenvalue weighted by Crippen LogP contribution is -1.95. The summed E-state index contributed by atoms with van der Waals surface area (Å²) in [6.07, 6.45) is 0. The second kappa shape index (κ2) is 6.29. The highest BCUT2D eigenvalue weighted by atomic mass is 79.9. The number of alkyl halides is 1. The molecule has 0 heterocycles. The number of rotatable bonds is 2. The summed E-state index contributed by atoms with van der Waals surface area (Å²) in [5.41, 5.74) is 2.19. The van der Waals surface area contributed by atoms with Crippen LogP contribution in [0.2, 0.25) is 10.0 Å². The lowest BCUT2D eigenvalue weighted by atomic mass is 9.98. The number of benzene rings is 3. The molecule has 4 heteroatoms. The topological polar surface area (TPSA) is 0 Å². The first kappa shape index (κ1) is 15.4. The molecule has 0 N–H and O–H groups in total. The summed E-state index contributed by atoms with van der Waals surface area (Å²) in [6.45, 7) is 0. The summed E-state index contributed by atoms with van der Waals surface area (Å²) in [4.78, 5) is 0.0141. The summed E-state index contributed by atoms with van der Waals surface area (Å²) < 4.78 is 0.969. The zero-order chi connectivity index (χ0) is 15.0. The minimum Gasteiger partial charge on any atom is -0.0839 e. The number of fused-ring (bicyclic) bond motifs is 1. The van der Waals surface area contributed by atoms with Crippen LogP contribution >= 0.6 is 55.1 Å². The van der Waals surface area contributed by atoms with Crippen LogP contribution in [0.15, 0.2) is 59.1 Å². The van der Waals surface area contributed by atoms with Crippen LogP contribution < -0.4 is 0 Å². The van der Waals surface area contributed by atoms with Crippen molar-refractivity contribution in [1.29, 1.82) is 0 Å². The number of hydrogen-bond acceptors (Lipinski definition) is 0. The van der Waals surface area contributed by atoms with Gasteiger partial charge in [-0.05, 0) is 34.7 Å². The highest BCUT2D eigenvalue weighted by Crippen LogP contribution is 2.40. The molecule has 0 aromatic heterocycles. The third kappa shape index (κ3) is 3.00. The molecule has 106 valence electrons. The molecule has 1 unspecified atom stereocenters. The average molecular weight is 445 g/mol. The van der Waals surface area contributed by atoms with Gasteiger partial charge in [0.05, 0.1) is 4.83 Å². The standard InChI is InChI=1S/C17H10Br2Cl2/c18-10-5-6-14(16(21)9-10)17(19)13-7-8-15(20)12-4-2-1-3-11(12)13/h1-9,17H. The van der Waals surface area contributed by atoms with E-state index in [1.165, 1.54) is 0 Å². The van der Waals surface area contributed by atoms with Crippen molar-refractivity contribution in [3.05, 3.63) is 80.2 Å². The van der Waals surface area contributed by atoms with Crippen LogP contribution in [0.3, 0.4) is 0 Å². The molecule has 0 saturated carbocycles. The van der Waals surface area contributed by atoms with Gasteiger partial charge < -0.3 is 0 Å². The first-order valence-corrected chi connectivity index (χ1v) is 8.80. The monoisotopic (exact) mass is 442 g/mol. The average Bonchev–Trinajstić information content (AvgIpc) is 2.47. The molecule has 3 aromatic carbocycles. The highest BCUT2D eigenvalue weighted by Gasteiger charge is 2.17. The van der Waals surface area contributed by atoms with Crippen molar-refractivity contribution >= 4 is 65.8 Å². The second-order valence-electron chi connectivity index (χ2n) is 4.71. The maximum atomic E-state index is 6.37. The fourth-order valence-corrected chi connectivity index (χ4v) is 4.32. The quantitative estimate of drug-likeness (QED) is 0.361. The number of hydrogen-bond donors (Lipinski definition) is 0. The van der Waals surface area contributed by atoms with E-state index < -0.39 is 0 Å². The predicted octanol–water partition coefficient (Wildman–Crippen LogP) is 7.39. The van der Waals surface area contributed by atoms with Crippen molar-refractivity contribution in [2.45, 2.75) is 4.83 Å². The molecule has 0 aliphatic rings. The van der Waals surface area contributed by atoms with Gasteiger partial charge in [-0.1, -0.05) is 91.5 Å². The third-order valence-electron chi connectivity index (χ3n) is 3.41. The Morgan fingerprint density at radius 3 is 2.14 bits per heavy atom. The van der Waals surface area contributed by atoms with E-state index in [1.54, 1.807) is 0 Å². The van der Waals surface area contributed by atoms with Crippen molar-refractivity contribution in [3.8, 4) is 0 Å². The molecule has 1 atom stereocenters. The first-order chi connectivity index (χ1) is 10.1. The van der Waals surface area contributed by atoms with Crippen LogP contribution in [0.5, 0.6) is 0 Å². The van der Waals surface area contributed by atoms with Gasteiger partial charge >= 0.3 is 0 Å². The van der Waals surface area contributed by atoms with Crippen molar-refractivity contribution in [2.24, 2.45) is 0 Å². The number of halogens is 4. The Morgan fingerprint density at radius 2 is 1.43 bits per heavy atom. The van der Waals surface area contributed by atoms with Crippen LogP contribution in [0.1, 0.15) is 16.0 Å². The van der Waals surface area contributed by atoms with E-state index in [4.69, 9.17) is 23.2 Å². The summed E-state index contributed by atoms with van der Waals surface area (Å²) in [5, 5.41) is 3.67. The smallest absolute Gasteiger partial charge is 0.0665 e. The van der Waals surface area contributed by atoms with Gasteiger partial charge in [0, 0.05) is 19.9 Å². The summed E-state index contributed by atoms with van der Waals surface area (Å²) >= 11 is 19.9. The van der Waals surface area contributed by atoms with Crippen molar-refractivity contribution in [3.63, 3.8) is 0 Å². The molecule has 3 rings (SSSR count). The van der Waals surface area contributed by atoms with Crippen LogP contribution in [0, 0.1) is 0 Å². The fraction of sp³-hybridized carbons (Fsp3) is 0.0588. The molecule has 0 fully saturated rings. The van der Waals surface area contributed by atoms with E-state index in [0.717, 1.165) is 36.4 Å². The van der Waals surface area contributed by atoms with Gasteiger partial charge in [-0.15, -0.1) is 0 Å². The van der Waals surface area contributed by atoms with E-state index in [9.17, 15) is 0 Å². The Balaban J connectivity index is 2.18. The van der Waals surface area contributed by atoms with Crippen LogP contribution in [0.25, 0.3) is 10.8 Å². The van der Waals surface area contributed by atoms with E-state index in [1.807, 2.05) is 48.5 Å². The summed E-state index contributed by atoms with van der Waals surface area (Å²) in [7, 11) is 0. The van der Waals surface area contributed by atoms with Gasteiger partial charge in [0.2, 0.25) is 0 Å². The van der Waals surface area contributed by atoms with Gasteiger partial charge in [-0.3, -0.25) is 0 Å². The molecule has 0 aliphatic carbocycles. The van der Waals surface area contributed by atoms with Crippen molar-refractivity contribution in [1.82, 2.24) is 0 Å². The largest absolute Gasteiger partial charge is 0.0839 e. The zero-order valence-electron chi connectivity index (χ0n) is 10.8. The Hall–Kier alpha value is -0.540. The van der Waals surface area contributed by atoms with Gasteiger partial charge in [0.15, 0.2) is 0 Å². The van der Waals surface area contributed by atoms with Crippen molar-refractivity contribution in [2.75, 3.05) is 0 Å². The van der Waals surface area contributed by atoms with E-state index in [0.29, 0.717) is 0 Å². The Bertz CT molecular complexity index is 815. The van der Waals surface area contributed by atoms with Gasteiger partial charge in [0.1, 0.15) is 0 Å². The molecule has 0 saturated heterocycles. The Morgan fingerprint density at radius 1 is 0.762 bits per heavy atom. The minimum absolute atomic E-state index is 0.0141. The lowest BCUT2D eigenvalue weighted by molar-refractivity contribution is 1.20. The normalized spacial score (nSPS) is 12.6. The second-order valence-corrected chi connectivity index (χ2v) is 7.36. The lowest BCUT2D eigenvalue weighted by Gasteiger charge is -2.16. The van der Waals surface area contributed by atoms with Gasteiger partial charge in [-0.2, -0.15) is 0 Å². The van der Waals surface area contributed by atoms with Gasteiger partial charge in [-0.25, -0.2) is 0 Å². The molecule has 0 spiro atoms. The molecule has 0 nitrogen and oxygen atoms in total. The molecule has 3 aromatic rings. The first-order valence-electron chi connectivity index (χ1n) is 6.34. The van der Waals surface area contributed by atoms with Crippen molar-refractivity contribution < 1.29 is 0 Å². The summed E-state index contributed by atoms with van der Waals surface area (Å²) in [5.74, 6) is 0. The van der Waals surface area contributed by atoms with E-state index in [2.05, 4.69) is 37.9 Å². The van der Waals surface area contributed by atoms with Crippen LogP contribution in [0.4, 0.5) is 0 Å². The maximum Gasteiger partial charge on any atom is 0.0665 e.